The molecule has 1 aromatic carbocycles. The molecule has 2 aromatic rings. The van der Waals surface area contributed by atoms with Crippen molar-refractivity contribution in [2.24, 2.45) is 0 Å². The molecule has 0 atom stereocenters. The lowest BCUT2D eigenvalue weighted by molar-refractivity contribution is 0.0848. The number of benzene rings is 1. The van der Waals surface area contributed by atoms with Crippen molar-refractivity contribution in [2.45, 2.75) is 13.8 Å². The maximum Gasteiger partial charge on any atom is 0.266 e. The molecule has 6 heteroatoms. The molecule has 2 rings (SSSR count). The fourth-order valence-corrected chi connectivity index (χ4v) is 2.08. The number of carbonyl (C=O) groups excluding carboxylic acids is 2. The quantitative estimate of drug-likeness (QED) is 0.936. The van der Waals surface area contributed by atoms with E-state index in [-0.39, 0.29) is 18.4 Å². The van der Waals surface area contributed by atoms with E-state index in [2.05, 4.69) is 26.3 Å². The number of rotatable bonds is 3. The highest BCUT2D eigenvalue weighted by atomic mass is 79.9. The van der Waals surface area contributed by atoms with E-state index in [0.717, 1.165) is 15.9 Å². The summed E-state index contributed by atoms with van der Waals surface area (Å²) in [6.45, 7) is 3.53. The van der Waals surface area contributed by atoms with E-state index >= 15 is 0 Å². The Morgan fingerprint density at radius 2 is 1.90 bits per heavy atom. The van der Waals surface area contributed by atoms with Gasteiger partial charge in [-0.2, -0.15) is 5.10 Å². The van der Waals surface area contributed by atoms with Crippen LogP contribution in [0.3, 0.4) is 0 Å². The molecular weight excluding hydrogens is 322 g/mol. The van der Waals surface area contributed by atoms with Crippen molar-refractivity contribution in [3.8, 4) is 0 Å². The van der Waals surface area contributed by atoms with Crippen molar-refractivity contribution in [1.29, 1.82) is 0 Å². The largest absolute Gasteiger partial charge is 0.343 e. The van der Waals surface area contributed by atoms with Crippen LogP contribution in [-0.2, 0) is 0 Å². The zero-order chi connectivity index (χ0) is 14.7. The summed E-state index contributed by atoms with van der Waals surface area (Å²) in [6, 6.07) is 8.74. The van der Waals surface area contributed by atoms with Gasteiger partial charge >= 0.3 is 0 Å². The van der Waals surface area contributed by atoms with Crippen LogP contribution in [0.25, 0.3) is 0 Å². The third-order valence-electron chi connectivity index (χ3n) is 2.75. The smallest absolute Gasteiger partial charge is 0.266 e. The van der Waals surface area contributed by atoms with Gasteiger partial charge in [0.15, 0.2) is 0 Å². The SMILES string of the molecule is Cc1cc(C)n(C(=O)CNC(=O)c2ccc(Br)cc2)n1. The maximum atomic E-state index is 11.9. The summed E-state index contributed by atoms with van der Waals surface area (Å²) in [5.41, 5.74) is 2.04. The summed E-state index contributed by atoms with van der Waals surface area (Å²) in [7, 11) is 0. The zero-order valence-electron chi connectivity index (χ0n) is 11.2. The highest BCUT2D eigenvalue weighted by Crippen LogP contribution is 2.10. The first kappa shape index (κ1) is 14.5. The van der Waals surface area contributed by atoms with E-state index in [1.807, 2.05) is 13.0 Å². The lowest BCUT2D eigenvalue weighted by Gasteiger charge is -2.06. The predicted octanol–water partition coefficient (Wildman–Crippen LogP) is 2.33. The topological polar surface area (TPSA) is 64.0 Å². The molecule has 104 valence electrons. The molecule has 1 amide bonds. The third-order valence-corrected chi connectivity index (χ3v) is 3.28. The monoisotopic (exact) mass is 335 g/mol. The Kier molecular flexibility index (Phi) is 4.34. The molecule has 0 saturated carbocycles. The second-order valence-corrected chi connectivity index (χ2v) is 5.34. The summed E-state index contributed by atoms with van der Waals surface area (Å²) in [4.78, 5) is 23.8. The number of hydrogen-bond donors (Lipinski definition) is 1. The molecule has 20 heavy (non-hydrogen) atoms. The third kappa shape index (κ3) is 3.33. The van der Waals surface area contributed by atoms with Gasteiger partial charge in [0.05, 0.1) is 12.2 Å². The molecule has 0 aliphatic carbocycles. The van der Waals surface area contributed by atoms with E-state index in [1.165, 1.54) is 4.68 Å². The van der Waals surface area contributed by atoms with E-state index < -0.39 is 0 Å². The van der Waals surface area contributed by atoms with Gasteiger partial charge in [-0.05, 0) is 44.2 Å². The number of aryl methyl sites for hydroxylation is 2. The lowest BCUT2D eigenvalue weighted by Crippen LogP contribution is -2.33. The number of halogens is 1. The maximum absolute atomic E-state index is 11.9. The van der Waals surface area contributed by atoms with Crippen molar-refractivity contribution in [2.75, 3.05) is 6.54 Å². The Morgan fingerprint density at radius 1 is 1.25 bits per heavy atom. The fourth-order valence-electron chi connectivity index (χ4n) is 1.82. The number of aromatic nitrogens is 2. The minimum atomic E-state index is -0.285. The van der Waals surface area contributed by atoms with Crippen LogP contribution in [0.4, 0.5) is 0 Å². The van der Waals surface area contributed by atoms with Gasteiger partial charge < -0.3 is 5.32 Å². The van der Waals surface area contributed by atoms with Crippen molar-refractivity contribution < 1.29 is 9.59 Å². The average Bonchev–Trinajstić information content (AvgIpc) is 2.75. The van der Waals surface area contributed by atoms with Crippen molar-refractivity contribution in [1.82, 2.24) is 15.1 Å². The molecule has 0 spiro atoms. The molecule has 1 aromatic heterocycles. The molecular formula is C14H14BrN3O2. The number of amides is 1. The van der Waals surface area contributed by atoms with Crippen LogP contribution in [0.1, 0.15) is 26.5 Å². The molecule has 1 heterocycles. The molecule has 0 unspecified atom stereocenters. The second kappa shape index (κ2) is 6.00. The molecule has 0 aliphatic rings. The van der Waals surface area contributed by atoms with E-state index in [9.17, 15) is 9.59 Å². The van der Waals surface area contributed by atoms with Crippen molar-refractivity contribution in [3.63, 3.8) is 0 Å². The predicted molar refractivity (Wildman–Crippen MR) is 78.8 cm³/mol. The molecule has 0 saturated heterocycles. The van der Waals surface area contributed by atoms with Crippen LogP contribution >= 0.6 is 15.9 Å². The summed E-state index contributed by atoms with van der Waals surface area (Å²) >= 11 is 3.30. The van der Waals surface area contributed by atoms with Gasteiger partial charge in [-0.1, -0.05) is 15.9 Å². The Morgan fingerprint density at radius 3 is 2.45 bits per heavy atom. The first-order valence-electron chi connectivity index (χ1n) is 6.07. The molecule has 0 bridgehead atoms. The number of nitrogens with one attached hydrogen (secondary N) is 1. The summed E-state index contributed by atoms with van der Waals surface area (Å²) < 4.78 is 2.20. The van der Waals surface area contributed by atoms with Crippen LogP contribution in [0, 0.1) is 13.8 Å². The highest BCUT2D eigenvalue weighted by Gasteiger charge is 2.12. The first-order valence-corrected chi connectivity index (χ1v) is 6.87. The minimum absolute atomic E-state index is 0.0865. The molecule has 0 fully saturated rings. The highest BCUT2D eigenvalue weighted by molar-refractivity contribution is 9.10. The van der Waals surface area contributed by atoms with Gasteiger partial charge in [-0.3, -0.25) is 9.59 Å². The number of hydrogen-bond acceptors (Lipinski definition) is 3. The molecule has 0 radical (unpaired) electrons. The van der Waals surface area contributed by atoms with Gasteiger partial charge in [-0.25, -0.2) is 4.68 Å². The summed E-state index contributed by atoms with van der Waals surface area (Å²) in [5, 5.41) is 6.67. The molecule has 0 aliphatic heterocycles. The van der Waals surface area contributed by atoms with Crippen LogP contribution < -0.4 is 5.32 Å². The zero-order valence-corrected chi connectivity index (χ0v) is 12.8. The number of carbonyl (C=O) groups is 2. The standard InChI is InChI=1S/C14H14BrN3O2/c1-9-7-10(2)18(17-9)13(19)8-16-14(20)11-3-5-12(15)6-4-11/h3-7H,8H2,1-2H3,(H,16,20). The van der Waals surface area contributed by atoms with Crippen molar-refractivity contribution >= 4 is 27.7 Å². The van der Waals surface area contributed by atoms with Crippen LogP contribution in [0.5, 0.6) is 0 Å². The Labute approximate surface area is 125 Å². The average molecular weight is 336 g/mol. The fraction of sp³-hybridized carbons (Fsp3) is 0.214. The minimum Gasteiger partial charge on any atom is -0.343 e. The van der Waals surface area contributed by atoms with Crippen LogP contribution in [-0.4, -0.2) is 28.1 Å². The Hall–Kier alpha value is -1.95. The normalized spacial score (nSPS) is 10.3. The van der Waals surface area contributed by atoms with Gasteiger partial charge in [0.1, 0.15) is 0 Å². The molecule has 1 N–H and O–H groups in total. The van der Waals surface area contributed by atoms with Gasteiger partial charge in [0.25, 0.3) is 11.8 Å². The Balaban J connectivity index is 1.98. The van der Waals surface area contributed by atoms with Gasteiger partial charge in [0, 0.05) is 15.7 Å². The number of nitrogens with zero attached hydrogens (tertiary/aromatic N) is 2. The van der Waals surface area contributed by atoms with Gasteiger partial charge in [-0.15, -0.1) is 0 Å². The summed E-state index contributed by atoms with van der Waals surface area (Å²) in [5.74, 6) is -0.548. The van der Waals surface area contributed by atoms with Gasteiger partial charge in [0.2, 0.25) is 0 Å². The van der Waals surface area contributed by atoms with Crippen LogP contribution in [0.15, 0.2) is 34.8 Å². The Bertz CT molecular complexity index is 647. The second-order valence-electron chi connectivity index (χ2n) is 4.42. The first-order chi connectivity index (χ1) is 9.47. The van der Waals surface area contributed by atoms with Crippen LogP contribution in [0.2, 0.25) is 0 Å². The van der Waals surface area contributed by atoms with E-state index in [1.54, 1.807) is 31.2 Å². The summed E-state index contributed by atoms with van der Waals surface area (Å²) in [6.07, 6.45) is 0. The van der Waals surface area contributed by atoms with E-state index in [0.29, 0.717) is 5.56 Å². The molecule has 5 nitrogen and oxygen atoms in total. The van der Waals surface area contributed by atoms with E-state index in [4.69, 9.17) is 0 Å². The van der Waals surface area contributed by atoms with Crippen molar-refractivity contribution in [3.05, 3.63) is 51.8 Å². The lowest BCUT2D eigenvalue weighted by atomic mass is 10.2.